The smallest absolute Gasteiger partial charge is 0.319 e. The quantitative estimate of drug-likeness (QED) is 0.857. The Labute approximate surface area is 154 Å². The topological polar surface area (TPSA) is 61.4 Å². The Bertz CT molecular complexity index is 738. The van der Waals surface area contributed by atoms with E-state index in [1.165, 1.54) is 19.3 Å². The molecule has 0 radical (unpaired) electrons. The molecule has 0 aromatic heterocycles. The Balaban J connectivity index is 1.57. The highest BCUT2D eigenvalue weighted by Crippen LogP contribution is 2.18. The van der Waals surface area contributed by atoms with E-state index in [-0.39, 0.29) is 18.0 Å². The van der Waals surface area contributed by atoms with Gasteiger partial charge in [0.05, 0.1) is 0 Å². The number of benzene rings is 2. The van der Waals surface area contributed by atoms with E-state index < -0.39 is 0 Å². The first-order valence-corrected chi connectivity index (χ1v) is 9.14. The highest BCUT2D eigenvalue weighted by atomic mass is 16.2. The number of nitrogens with zero attached hydrogens (tertiary/aromatic N) is 1. The second-order valence-corrected chi connectivity index (χ2v) is 6.71. The third-order valence-corrected chi connectivity index (χ3v) is 4.78. The van der Waals surface area contributed by atoms with Crippen molar-refractivity contribution in [3.05, 3.63) is 60.2 Å². The third kappa shape index (κ3) is 4.63. The zero-order chi connectivity index (χ0) is 18.4. The molecule has 2 aromatic rings. The zero-order valence-electron chi connectivity index (χ0n) is 15.1. The maximum atomic E-state index is 12.6. The fourth-order valence-corrected chi connectivity index (χ4v) is 3.26. The molecule has 1 aliphatic carbocycles. The van der Waals surface area contributed by atoms with E-state index in [0.29, 0.717) is 11.3 Å². The molecule has 1 aliphatic rings. The standard InChI is InChI=1S/C21H25N3O2/c1-24(19-10-6-3-7-11-19)20(25)16-12-14-18(15-13-16)23-21(26)22-17-8-4-2-5-9-17/h3,6-7,10-15,17H,2,4-5,8-9H2,1H3,(H2,22,23,26). The van der Waals surface area contributed by atoms with Crippen LogP contribution in [0.25, 0.3) is 0 Å². The van der Waals surface area contributed by atoms with Crippen LogP contribution in [0.1, 0.15) is 42.5 Å². The van der Waals surface area contributed by atoms with Gasteiger partial charge in [-0.25, -0.2) is 4.79 Å². The molecule has 3 amide bonds. The van der Waals surface area contributed by atoms with Gasteiger partial charge in [0.2, 0.25) is 0 Å². The lowest BCUT2D eigenvalue weighted by molar-refractivity contribution is 0.0993. The molecule has 0 spiro atoms. The lowest BCUT2D eigenvalue weighted by Crippen LogP contribution is -2.39. The largest absolute Gasteiger partial charge is 0.335 e. The summed E-state index contributed by atoms with van der Waals surface area (Å²) in [5, 5.41) is 5.86. The van der Waals surface area contributed by atoms with Gasteiger partial charge in [0.25, 0.3) is 5.91 Å². The second-order valence-electron chi connectivity index (χ2n) is 6.71. The SMILES string of the molecule is CN(C(=O)c1ccc(NC(=O)NC2CCCCC2)cc1)c1ccccc1. The van der Waals surface area contributed by atoms with Crippen LogP contribution in [-0.2, 0) is 0 Å². The Morgan fingerprint density at radius 1 is 0.923 bits per heavy atom. The van der Waals surface area contributed by atoms with Crippen LogP contribution >= 0.6 is 0 Å². The van der Waals surface area contributed by atoms with Gasteiger partial charge in [0.1, 0.15) is 0 Å². The van der Waals surface area contributed by atoms with Gasteiger partial charge in [-0.1, -0.05) is 37.5 Å². The van der Waals surface area contributed by atoms with Crippen molar-refractivity contribution < 1.29 is 9.59 Å². The average Bonchev–Trinajstić information content (AvgIpc) is 2.69. The Morgan fingerprint density at radius 3 is 2.23 bits per heavy atom. The van der Waals surface area contributed by atoms with Crippen molar-refractivity contribution in [2.24, 2.45) is 0 Å². The number of anilines is 2. The van der Waals surface area contributed by atoms with Crippen molar-refractivity contribution in [3.63, 3.8) is 0 Å². The van der Waals surface area contributed by atoms with Gasteiger partial charge in [0.15, 0.2) is 0 Å². The summed E-state index contributed by atoms with van der Waals surface area (Å²) in [5.74, 6) is -0.0885. The summed E-state index contributed by atoms with van der Waals surface area (Å²) in [6.07, 6.45) is 5.71. The molecule has 5 heteroatoms. The number of carbonyl (C=O) groups excluding carboxylic acids is 2. The second kappa shape index (κ2) is 8.52. The predicted molar refractivity (Wildman–Crippen MR) is 105 cm³/mol. The highest BCUT2D eigenvalue weighted by molar-refractivity contribution is 6.06. The predicted octanol–water partition coefficient (Wildman–Crippen LogP) is 4.42. The summed E-state index contributed by atoms with van der Waals surface area (Å²) in [4.78, 5) is 26.3. The molecule has 1 saturated carbocycles. The number of urea groups is 1. The van der Waals surface area contributed by atoms with Crippen LogP contribution in [0.15, 0.2) is 54.6 Å². The first kappa shape index (κ1) is 18.0. The molecule has 2 N–H and O–H groups in total. The summed E-state index contributed by atoms with van der Waals surface area (Å²) in [7, 11) is 1.75. The minimum atomic E-state index is -0.183. The molecule has 1 fully saturated rings. The Morgan fingerprint density at radius 2 is 1.58 bits per heavy atom. The molecular weight excluding hydrogens is 326 g/mol. The molecule has 3 rings (SSSR count). The molecule has 26 heavy (non-hydrogen) atoms. The van der Waals surface area contributed by atoms with E-state index in [0.717, 1.165) is 18.5 Å². The summed E-state index contributed by atoms with van der Waals surface area (Å²) in [6.45, 7) is 0. The van der Waals surface area contributed by atoms with Crippen LogP contribution in [0.4, 0.5) is 16.2 Å². The first-order valence-electron chi connectivity index (χ1n) is 9.14. The zero-order valence-corrected chi connectivity index (χ0v) is 15.1. The van der Waals surface area contributed by atoms with Crippen molar-refractivity contribution in [1.82, 2.24) is 5.32 Å². The third-order valence-electron chi connectivity index (χ3n) is 4.78. The van der Waals surface area contributed by atoms with Gasteiger partial charge in [-0.3, -0.25) is 4.79 Å². The summed E-state index contributed by atoms with van der Waals surface area (Å²) in [5.41, 5.74) is 2.10. The maximum absolute atomic E-state index is 12.6. The van der Waals surface area contributed by atoms with Gasteiger partial charge < -0.3 is 15.5 Å². The molecule has 0 bridgehead atoms. The van der Waals surface area contributed by atoms with Gasteiger partial charge in [-0.2, -0.15) is 0 Å². The lowest BCUT2D eigenvalue weighted by atomic mass is 9.96. The average molecular weight is 351 g/mol. The van der Waals surface area contributed by atoms with Gasteiger partial charge in [-0.15, -0.1) is 0 Å². The number of amides is 3. The van der Waals surface area contributed by atoms with Gasteiger partial charge >= 0.3 is 6.03 Å². The molecule has 0 saturated heterocycles. The Kier molecular flexibility index (Phi) is 5.89. The van der Waals surface area contributed by atoms with E-state index in [4.69, 9.17) is 0 Å². The number of hydrogen-bond acceptors (Lipinski definition) is 2. The van der Waals surface area contributed by atoms with E-state index in [1.54, 1.807) is 36.2 Å². The van der Waals surface area contributed by atoms with E-state index in [1.807, 2.05) is 30.3 Å². The van der Waals surface area contributed by atoms with Crippen molar-refractivity contribution in [2.45, 2.75) is 38.1 Å². The maximum Gasteiger partial charge on any atom is 0.319 e. The van der Waals surface area contributed by atoms with Crippen molar-refractivity contribution in [3.8, 4) is 0 Å². The minimum absolute atomic E-state index is 0.0885. The van der Waals surface area contributed by atoms with Crippen LogP contribution in [0.5, 0.6) is 0 Å². The Hall–Kier alpha value is -2.82. The van der Waals surface area contributed by atoms with Crippen LogP contribution in [-0.4, -0.2) is 25.0 Å². The number of carbonyl (C=O) groups is 2. The number of nitrogens with one attached hydrogen (secondary N) is 2. The van der Waals surface area contributed by atoms with Crippen LogP contribution in [0.2, 0.25) is 0 Å². The highest BCUT2D eigenvalue weighted by Gasteiger charge is 2.16. The van der Waals surface area contributed by atoms with E-state index in [9.17, 15) is 9.59 Å². The first-order chi connectivity index (χ1) is 12.6. The molecule has 136 valence electrons. The molecule has 2 aromatic carbocycles. The fraction of sp³-hybridized carbons (Fsp3) is 0.333. The summed E-state index contributed by atoms with van der Waals surface area (Å²) in [6, 6.07) is 16.6. The minimum Gasteiger partial charge on any atom is -0.335 e. The van der Waals surface area contributed by atoms with Crippen molar-refractivity contribution in [2.75, 3.05) is 17.3 Å². The van der Waals surface area contributed by atoms with Crippen LogP contribution in [0, 0.1) is 0 Å². The normalized spacial score (nSPS) is 14.5. The number of rotatable bonds is 4. The number of para-hydroxylation sites is 1. The van der Waals surface area contributed by atoms with E-state index >= 15 is 0 Å². The van der Waals surface area contributed by atoms with Gasteiger partial charge in [0, 0.05) is 30.0 Å². The molecule has 0 unspecified atom stereocenters. The van der Waals surface area contributed by atoms with Crippen molar-refractivity contribution >= 4 is 23.3 Å². The molecule has 0 atom stereocenters. The molecule has 0 aliphatic heterocycles. The fourth-order valence-electron chi connectivity index (χ4n) is 3.26. The molecule has 0 heterocycles. The van der Waals surface area contributed by atoms with Crippen LogP contribution < -0.4 is 15.5 Å². The summed E-state index contributed by atoms with van der Waals surface area (Å²) < 4.78 is 0. The van der Waals surface area contributed by atoms with E-state index in [2.05, 4.69) is 10.6 Å². The lowest BCUT2D eigenvalue weighted by Gasteiger charge is -2.23. The summed E-state index contributed by atoms with van der Waals surface area (Å²) >= 11 is 0. The van der Waals surface area contributed by atoms with Gasteiger partial charge in [-0.05, 0) is 49.2 Å². The molecular formula is C21H25N3O2. The number of hydrogen-bond donors (Lipinski definition) is 2. The van der Waals surface area contributed by atoms with Crippen LogP contribution in [0.3, 0.4) is 0 Å². The monoisotopic (exact) mass is 351 g/mol. The molecule has 5 nitrogen and oxygen atoms in total. The van der Waals surface area contributed by atoms with Crippen molar-refractivity contribution in [1.29, 1.82) is 0 Å².